The van der Waals surface area contributed by atoms with Crippen LogP contribution in [0.4, 0.5) is 0 Å². The second-order valence-corrected chi connectivity index (χ2v) is 5.15. The van der Waals surface area contributed by atoms with Gasteiger partial charge >= 0.3 is 0 Å². The van der Waals surface area contributed by atoms with Crippen LogP contribution in [0.1, 0.15) is 10.4 Å². The summed E-state index contributed by atoms with van der Waals surface area (Å²) in [6, 6.07) is 14.9. The Morgan fingerprint density at radius 1 is 1.08 bits per heavy atom. The van der Waals surface area contributed by atoms with Crippen molar-refractivity contribution in [1.82, 2.24) is 14.9 Å². The van der Waals surface area contributed by atoms with Gasteiger partial charge in [0.05, 0.1) is 12.7 Å². The molecule has 0 saturated heterocycles. The van der Waals surface area contributed by atoms with E-state index in [4.69, 9.17) is 4.74 Å². The third-order valence-electron chi connectivity index (χ3n) is 3.44. The van der Waals surface area contributed by atoms with Crippen molar-refractivity contribution >= 4 is 5.91 Å². The molecule has 0 spiro atoms. The van der Waals surface area contributed by atoms with E-state index < -0.39 is 0 Å². The van der Waals surface area contributed by atoms with Crippen LogP contribution in [0.5, 0.6) is 5.75 Å². The van der Waals surface area contributed by atoms with E-state index >= 15 is 0 Å². The number of aromatic nitrogens is 2. The van der Waals surface area contributed by atoms with E-state index in [1.54, 1.807) is 30.6 Å². The first-order valence-corrected chi connectivity index (χ1v) is 7.83. The number of hydrogen-bond acceptors (Lipinski definition) is 3. The molecule has 1 aromatic carbocycles. The number of rotatable bonds is 5. The molecule has 3 rings (SSSR count). The molecule has 0 unspecified atom stereocenters. The summed E-state index contributed by atoms with van der Waals surface area (Å²) in [5.74, 6) is 6.23. The average Bonchev–Trinajstić information content (AvgIpc) is 3.20. The van der Waals surface area contributed by atoms with Crippen molar-refractivity contribution in [2.75, 3.05) is 13.2 Å². The van der Waals surface area contributed by atoms with Crippen LogP contribution in [0.3, 0.4) is 0 Å². The molecule has 5 heteroatoms. The molecule has 0 fully saturated rings. The Bertz CT molecular complexity index is 861. The minimum atomic E-state index is -0.151. The highest BCUT2D eigenvalue weighted by Gasteiger charge is 2.04. The number of benzene rings is 1. The summed E-state index contributed by atoms with van der Waals surface area (Å²) in [6.45, 7) is 0.529. The maximum absolute atomic E-state index is 12.1. The maximum Gasteiger partial charge on any atom is 0.252 e. The highest BCUT2D eigenvalue weighted by Crippen LogP contribution is 2.10. The molecule has 0 aliphatic heterocycles. The van der Waals surface area contributed by atoms with Crippen LogP contribution in [-0.2, 0) is 0 Å². The van der Waals surface area contributed by atoms with E-state index in [-0.39, 0.29) is 19.1 Å². The fraction of sp³-hybridized carbons (Fsp3) is 0.100. The zero-order chi connectivity index (χ0) is 17.3. The molecule has 2 heterocycles. The predicted octanol–water partition coefficient (Wildman–Crippen LogP) is 2.68. The van der Waals surface area contributed by atoms with Crippen LogP contribution >= 0.6 is 0 Å². The number of hydrogen-bond donors (Lipinski definition) is 1. The van der Waals surface area contributed by atoms with Crippen molar-refractivity contribution < 1.29 is 9.53 Å². The van der Waals surface area contributed by atoms with Crippen molar-refractivity contribution in [3.05, 3.63) is 78.9 Å². The third-order valence-corrected chi connectivity index (χ3v) is 3.44. The Hall–Kier alpha value is -3.52. The van der Waals surface area contributed by atoms with Gasteiger partial charge in [0, 0.05) is 29.8 Å². The number of pyridine rings is 1. The first-order chi connectivity index (χ1) is 12.3. The SMILES string of the molecule is O=C(NCC#CCOc1cccnc1)c1ccc(-n2cccc2)cc1. The van der Waals surface area contributed by atoms with E-state index in [0.717, 1.165) is 5.69 Å². The van der Waals surface area contributed by atoms with Crippen molar-refractivity contribution in [3.63, 3.8) is 0 Å². The second-order valence-electron chi connectivity index (χ2n) is 5.15. The summed E-state index contributed by atoms with van der Waals surface area (Å²) in [4.78, 5) is 16.0. The second kappa shape index (κ2) is 8.37. The Kier molecular flexibility index (Phi) is 5.47. The summed E-state index contributed by atoms with van der Waals surface area (Å²) in [5, 5.41) is 2.76. The topological polar surface area (TPSA) is 56.1 Å². The highest BCUT2D eigenvalue weighted by molar-refractivity contribution is 5.94. The van der Waals surface area contributed by atoms with Crippen molar-refractivity contribution in [2.45, 2.75) is 0 Å². The van der Waals surface area contributed by atoms with Gasteiger partial charge in [-0.3, -0.25) is 9.78 Å². The van der Waals surface area contributed by atoms with E-state index in [1.165, 1.54) is 0 Å². The van der Waals surface area contributed by atoms with Crippen LogP contribution in [0.25, 0.3) is 5.69 Å². The standard InChI is InChI=1S/C20H17N3O2/c24-20(17-7-9-18(10-8-17)23-13-2-3-14-23)22-12-1-4-15-25-19-6-5-11-21-16-19/h2-3,5-11,13-14,16H,12,15H2,(H,22,24). The zero-order valence-electron chi connectivity index (χ0n) is 13.6. The first kappa shape index (κ1) is 16.3. The van der Waals surface area contributed by atoms with Crippen molar-refractivity contribution in [1.29, 1.82) is 0 Å². The van der Waals surface area contributed by atoms with Crippen molar-refractivity contribution in [2.24, 2.45) is 0 Å². The molecule has 5 nitrogen and oxygen atoms in total. The fourth-order valence-electron chi connectivity index (χ4n) is 2.18. The van der Waals surface area contributed by atoms with E-state index in [1.807, 2.05) is 47.3 Å². The number of amides is 1. The maximum atomic E-state index is 12.1. The number of ether oxygens (including phenoxy) is 1. The van der Waals surface area contributed by atoms with E-state index in [0.29, 0.717) is 11.3 Å². The molecule has 2 aromatic heterocycles. The Morgan fingerprint density at radius 2 is 1.88 bits per heavy atom. The lowest BCUT2D eigenvalue weighted by molar-refractivity contribution is 0.0958. The quantitative estimate of drug-likeness (QED) is 0.731. The minimum absolute atomic E-state index is 0.151. The fourth-order valence-corrected chi connectivity index (χ4v) is 2.18. The summed E-state index contributed by atoms with van der Waals surface area (Å²) in [5.41, 5.74) is 1.61. The lowest BCUT2D eigenvalue weighted by Gasteiger charge is -2.05. The van der Waals surface area contributed by atoms with Gasteiger partial charge < -0.3 is 14.6 Å². The molecule has 1 amide bonds. The van der Waals surface area contributed by atoms with Gasteiger partial charge in [0.15, 0.2) is 0 Å². The molecule has 3 aromatic rings. The molecular formula is C20H17N3O2. The number of nitrogens with zero attached hydrogens (tertiary/aromatic N) is 2. The molecule has 0 aliphatic carbocycles. The summed E-state index contributed by atoms with van der Waals surface area (Å²) in [7, 11) is 0. The van der Waals surface area contributed by atoms with Gasteiger partial charge in [0.1, 0.15) is 12.4 Å². The normalized spacial score (nSPS) is 9.76. The number of nitrogens with one attached hydrogen (secondary N) is 1. The van der Waals surface area contributed by atoms with Gasteiger partial charge in [-0.2, -0.15) is 0 Å². The Balaban J connectivity index is 1.44. The monoisotopic (exact) mass is 331 g/mol. The summed E-state index contributed by atoms with van der Waals surface area (Å²) in [6.07, 6.45) is 7.22. The molecule has 0 atom stereocenters. The van der Waals surface area contributed by atoms with Crippen molar-refractivity contribution in [3.8, 4) is 23.3 Å². The third kappa shape index (κ3) is 4.72. The largest absolute Gasteiger partial charge is 0.479 e. The molecule has 0 bridgehead atoms. The Labute approximate surface area is 146 Å². The van der Waals surface area contributed by atoms with Gasteiger partial charge in [0.25, 0.3) is 5.91 Å². The molecule has 1 N–H and O–H groups in total. The predicted molar refractivity (Wildman–Crippen MR) is 95.6 cm³/mol. The summed E-state index contributed by atoms with van der Waals surface area (Å²) >= 11 is 0. The minimum Gasteiger partial charge on any atom is -0.479 e. The van der Waals surface area contributed by atoms with Crippen LogP contribution in [0.15, 0.2) is 73.3 Å². The Morgan fingerprint density at radius 3 is 2.60 bits per heavy atom. The van der Waals surface area contributed by atoms with Crippen LogP contribution in [0.2, 0.25) is 0 Å². The van der Waals surface area contributed by atoms with Crippen LogP contribution in [0, 0.1) is 11.8 Å². The molecule has 25 heavy (non-hydrogen) atoms. The highest BCUT2D eigenvalue weighted by atomic mass is 16.5. The zero-order valence-corrected chi connectivity index (χ0v) is 13.6. The van der Waals surface area contributed by atoms with Gasteiger partial charge in [-0.05, 0) is 48.5 Å². The lowest BCUT2D eigenvalue weighted by atomic mass is 10.2. The smallest absolute Gasteiger partial charge is 0.252 e. The van der Waals surface area contributed by atoms with Crippen LogP contribution in [-0.4, -0.2) is 28.6 Å². The summed E-state index contributed by atoms with van der Waals surface area (Å²) < 4.78 is 7.38. The number of carbonyl (C=O) groups excluding carboxylic acids is 1. The van der Waals surface area contributed by atoms with E-state index in [9.17, 15) is 4.79 Å². The molecule has 0 aliphatic rings. The lowest BCUT2D eigenvalue weighted by Crippen LogP contribution is -2.23. The average molecular weight is 331 g/mol. The molecular weight excluding hydrogens is 314 g/mol. The molecule has 0 saturated carbocycles. The van der Waals surface area contributed by atoms with E-state index in [2.05, 4.69) is 22.1 Å². The van der Waals surface area contributed by atoms with Gasteiger partial charge in [0.2, 0.25) is 0 Å². The number of carbonyl (C=O) groups is 1. The molecule has 0 radical (unpaired) electrons. The van der Waals surface area contributed by atoms with Gasteiger partial charge in [-0.15, -0.1) is 0 Å². The van der Waals surface area contributed by atoms with Crippen LogP contribution < -0.4 is 10.1 Å². The first-order valence-electron chi connectivity index (χ1n) is 7.83. The molecule has 124 valence electrons. The van der Waals surface area contributed by atoms with Gasteiger partial charge in [-0.25, -0.2) is 0 Å². The van der Waals surface area contributed by atoms with Gasteiger partial charge in [-0.1, -0.05) is 11.8 Å².